The van der Waals surface area contributed by atoms with Crippen molar-refractivity contribution in [2.45, 2.75) is 5.54 Å². The molecule has 1 aromatic heterocycles. The lowest BCUT2D eigenvalue weighted by atomic mass is 9.88. The summed E-state index contributed by atoms with van der Waals surface area (Å²) in [5.41, 5.74) is 2.15. The fourth-order valence-electron chi connectivity index (χ4n) is 3.03. The Labute approximate surface area is 139 Å². The Morgan fingerprint density at radius 2 is 1.52 bits per heavy atom. The number of hydrogen-bond donors (Lipinski definition) is 1. The highest BCUT2D eigenvalue weighted by Gasteiger charge is 2.41. The van der Waals surface area contributed by atoms with Crippen LogP contribution < -0.4 is 5.32 Å². The normalized spacial score (nSPS) is 20.2. The molecule has 1 unspecified atom stereocenters. The van der Waals surface area contributed by atoms with Gasteiger partial charge >= 0.3 is 0 Å². The maximum absolute atomic E-state index is 12.7. The van der Waals surface area contributed by atoms with Crippen molar-refractivity contribution < 1.29 is 4.79 Å². The van der Waals surface area contributed by atoms with E-state index in [1.54, 1.807) is 11.3 Å². The largest absolute Gasteiger partial charge is 0.334 e. The van der Waals surface area contributed by atoms with E-state index in [0.717, 1.165) is 21.6 Å². The molecule has 0 fully saturated rings. The van der Waals surface area contributed by atoms with Crippen LogP contribution in [0.4, 0.5) is 0 Å². The van der Waals surface area contributed by atoms with Crippen molar-refractivity contribution in [2.75, 3.05) is 0 Å². The molecule has 0 saturated heterocycles. The van der Waals surface area contributed by atoms with E-state index in [0.29, 0.717) is 0 Å². The first-order valence-electron chi connectivity index (χ1n) is 7.50. The molecule has 1 amide bonds. The minimum atomic E-state index is -0.586. The average Bonchev–Trinajstić information content (AvgIpc) is 3.25. The van der Waals surface area contributed by atoms with E-state index in [2.05, 4.69) is 29.6 Å². The summed E-state index contributed by atoms with van der Waals surface area (Å²) in [6.07, 6.45) is 2.06. The molecule has 0 spiro atoms. The molecule has 4 rings (SSSR count). The van der Waals surface area contributed by atoms with Gasteiger partial charge in [-0.2, -0.15) is 0 Å². The number of rotatable bonds is 3. The number of amides is 1. The molecule has 0 saturated carbocycles. The first-order valence-corrected chi connectivity index (χ1v) is 8.38. The van der Waals surface area contributed by atoms with Crippen LogP contribution >= 0.6 is 11.3 Å². The van der Waals surface area contributed by atoms with Gasteiger partial charge in [0.25, 0.3) is 5.91 Å². The molecule has 112 valence electrons. The van der Waals surface area contributed by atoms with Gasteiger partial charge in [0, 0.05) is 10.5 Å². The van der Waals surface area contributed by atoms with Gasteiger partial charge in [-0.1, -0.05) is 66.7 Å². The highest BCUT2D eigenvalue weighted by Crippen LogP contribution is 2.40. The van der Waals surface area contributed by atoms with Crippen LogP contribution in [0, 0.1) is 0 Å². The number of benzene rings is 2. The summed E-state index contributed by atoms with van der Waals surface area (Å²) < 4.78 is 0. The van der Waals surface area contributed by atoms with E-state index in [9.17, 15) is 4.79 Å². The Morgan fingerprint density at radius 1 is 0.826 bits per heavy atom. The van der Waals surface area contributed by atoms with Crippen molar-refractivity contribution >= 4 is 22.8 Å². The number of carbonyl (C=O) groups excluding carboxylic acids is 1. The zero-order valence-corrected chi connectivity index (χ0v) is 13.2. The second-order valence-electron chi connectivity index (χ2n) is 5.53. The van der Waals surface area contributed by atoms with Gasteiger partial charge in [0.15, 0.2) is 0 Å². The summed E-state index contributed by atoms with van der Waals surface area (Å²) in [6, 6.07) is 24.0. The van der Waals surface area contributed by atoms with Crippen molar-refractivity contribution in [1.29, 1.82) is 0 Å². The minimum Gasteiger partial charge on any atom is -0.334 e. The van der Waals surface area contributed by atoms with Crippen LogP contribution in [0.25, 0.3) is 5.57 Å². The Bertz CT molecular complexity index is 853. The molecule has 0 aliphatic carbocycles. The van der Waals surface area contributed by atoms with E-state index < -0.39 is 5.54 Å². The van der Waals surface area contributed by atoms with Crippen LogP contribution in [0.15, 0.2) is 84.3 Å². The number of carbonyl (C=O) groups is 1. The molecular formula is C20H15NOS. The Morgan fingerprint density at radius 3 is 2.17 bits per heavy atom. The van der Waals surface area contributed by atoms with Gasteiger partial charge in [0.05, 0.1) is 0 Å². The fraction of sp³-hybridized carbons (Fsp3) is 0.0500. The van der Waals surface area contributed by atoms with Crippen molar-refractivity contribution in [3.63, 3.8) is 0 Å². The van der Waals surface area contributed by atoms with Crippen LogP contribution in [0.5, 0.6) is 0 Å². The molecule has 2 nitrogen and oxygen atoms in total. The average molecular weight is 317 g/mol. The summed E-state index contributed by atoms with van der Waals surface area (Å²) in [4.78, 5) is 13.8. The smallest absolute Gasteiger partial charge is 0.252 e. The number of nitrogens with one attached hydrogen (secondary N) is 1. The van der Waals surface area contributed by atoms with Crippen molar-refractivity contribution in [3.8, 4) is 0 Å². The predicted molar refractivity (Wildman–Crippen MR) is 94.1 cm³/mol. The highest BCUT2D eigenvalue weighted by atomic mass is 32.1. The topological polar surface area (TPSA) is 29.1 Å². The third kappa shape index (κ3) is 2.30. The van der Waals surface area contributed by atoms with Crippen LogP contribution in [0.2, 0.25) is 0 Å². The Hall–Kier alpha value is -2.65. The van der Waals surface area contributed by atoms with Crippen LogP contribution in [-0.2, 0) is 10.3 Å². The van der Waals surface area contributed by atoms with E-state index in [1.165, 1.54) is 0 Å². The van der Waals surface area contributed by atoms with Crippen molar-refractivity contribution in [1.82, 2.24) is 5.32 Å². The van der Waals surface area contributed by atoms with Gasteiger partial charge in [-0.25, -0.2) is 0 Å². The van der Waals surface area contributed by atoms with Gasteiger partial charge in [0.2, 0.25) is 0 Å². The van der Waals surface area contributed by atoms with Gasteiger partial charge in [-0.3, -0.25) is 4.79 Å². The lowest BCUT2D eigenvalue weighted by molar-refractivity contribution is -0.115. The standard InChI is InChI=1S/C20H15NOS/c22-19-17(15-8-3-1-4-9-15)14-20(21-19,18-12-7-13-23-18)16-10-5-2-6-11-16/h1-14H,(H,21,22). The second-order valence-corrected chi connectivity index (χ2v) is 6.48. The van der Waals surface area contributed by atoms with E-state index in [1.807, 2.05) is 60.0 Å². The fourth-order valence-corrected chi connectivity index (χ4v) is 3.91. The molecule has 0 radical (unpaired) electrons. The second kappa shape index (κ2) is 5.52. The van der Waals surface area contributed by atoms with E-state index >= 15 is 0 Å². The zero-order valence-electron chi connectivity index (χ0n) is 12.4. The summed E-state index contributed by atoms with van der Waals surface area (Å²) in [7, 11) is 0. The molecule has 1 aliphatic rings. The molecular weight excluding hydrogens is 302 g/mol. The molecule has 0 bridgehead atoms. The maximum atomic E-state index is 12.7. The number of hydrogen-bond acceptors (Lipinski definition) is 2. The lowest BCUT2D eigenvalue weighted by Gasteiger charge is -2.27. The Balaban J connectivity index is 1.92. The van der Waals surface area contributed by atoms with E-state index in [-0.39, 0.29) is 5.91 Å². The zero-order chi connectivity index (χ0) is 15.7. The van der Waals surface area contributed by atoms with Crippen LogP contribution in [-0.4, -0.2) is 5.91 Å². The van der Waals surface area contributed by atoms with Crippen molar-refractivity contribution in [2.24, 2.45) is 0 Å². The van der Waals surface area contributed by atoms with Crippen LogP contribution in [0.3, 0.4) is 0 Å². The Kier molecular flexibility index (Phi) is 3.36. The maximum Gasteiger partial charge on any atom is 0.252 e. The summed E-state index contributed by atoms with van der Waals surface area (Å²) in [5, 5.41) is 5.26. The van der Waals surface area contributed by atoms with Crippen LogP contribution in [0.1, 0.15) is 16.0 Å². The van der Waals surface area contributed by atoms with Gasteiger partial charge in [0.1, 0.15) is 5.54 Å². The lowest BCUT2D eigenvalue weighted by Crippen LogP contribution is -2.39. The van der Waals surface area contributed by atoms with Gasteiger partial charge < -0.3 is 5.32 Å². The van der Waals surface area contributed by atoms with Gasteiger partial charge in [-0.15, -0.1) is 11.3 Å². The predicted octanol–water partition coefficient (Wildman–Crippen LogP) is 4.21. The SMILES string of the molecule is O=C1NC(c2ccccc2)(c2cccs2)C=C1c1ccccc1. The highest BCUT2D eigenvalue weighted by molar-refractivity contribution is 7.10. The van der Waals surface area contributed by atoms with Gasteiger partial charge in [-0.05, 0) is 28.6 Å². The first-order chi connectivity index (χ1) is 11.3. The number of thiophene rings is 1. The third-order valence-electron chi connectivity index (χ3n) is 4.14. The monoisotopic (exact) mass is 317 g/mol. The minimum absolute atomic E-state index is 0.0338. The molecule has 2 heterocycles. The molecule has 2 aromatic carbocycles. The first kappa shape index (κ1) is 14.0. The van der Waals surface area contributed by atoms with E-state index in [4.69, 9.17) is 0 Å². The molecule has 1 aliphatic heterocycles. The third-order valence-corrected chi connectivity index (χ3v) is 5.15. The molecule has 1 atom stereocenters. The summed E-state index contributed by atoms with van der Waals surface area (Å²) in [6.45, 7) is 0. The van der Waals surface area contributed by atoms with Crippen molar-refractivity contribution in [3.05, 3.63) is 100 Å². The molecule has 3 aromatic rings. The molecule has 3 heteroatoms. The molecule has 23 heavy (non-hydrogen) atoms. The summed E-state index contributed by atoms with van der Waals surface area (Å²) >= 11 is 1.65. The summed E-state index contributed by atoms with van der Waals surface area (Å²) in [5.74, 6) is -0.0338. The quantitative estimate of drug-likeness (QED) is 0.770. The molecule has 1 N–H and O–H groups in total.